The zero-order valence-corrected chi connectivity index (χ0v) is 16.3. The van der Waals surface area contributed by atoms with Gasteiger partial charge in [-0.3, -0.25) is 4.79 Å². The van der Waals surface area contributed by atoms with Crippen LogP contribution in [0.2, 0.25) is 0 Å². The van der Waals surface area contributed by atoms with Crippen LogP contribution in [0.3, 0.4) is 0 Å². The maximum atomic E-state index is 12.7. The summed E-state index contributed by atoms with van der Waals surface area (Å²) >= 11 is 0. The number of carbonyl (C=O) groups is 2. The molecule has 8 nitrogen and oxygen atoms in total. The molecule has 1 aromatic carbocycles. The van der Waals surface area contributed by atoms with E-state index >= 15 is 0 Å². The number of H-pyrrole nitrogens is 1. The Morgan fingerprint density at radius 2 is 1.78 bits per heavy atom. The van der Waals surface area contributed by atoms with Crippen LogP contribution in [0.15, 0.2) is 35.2 Å². The fourth-order valence-corrected chi connectivity index (χ4v) is 4.06. The second kappa shape index (κ2) is 8.83. The molecular formula is C18H23N3O5S. The maximum Gasteiger partial charge on any atom is 0.341 e. The number of hydrogen-bond donors (Lipinski definition) is 3. The normalized spacial score (nSPS) is 11.2. The number of benzene rings is 1. The molecule has 9 heteroatoms. The van der Waals surface area contributed by atoms with Crippen molar-refractivity contribution in [3.8, 4) is 0 Å². The van der Waals surface area contributed by atoms with Crippen molar-refractivity contribution in [3.63, 3.8) is 0 Å². The summed E-state index contributed by atoms with van der Waals surface area (Å²) in [4.78, 5) is 26.7. The van der Waals surface area contributed by atoms with E-state index in [1.807, 2.05) is 30.3 Å². The van der Waals surface area contributed by atoms with E-state index in [2.05, 4.69) is 15.0 Å². The van der Waals surface area contributed by atoms with E-state index in [4.69, 9.17) is 4.74 Å². The van der Waals surface area contributed by atoms with Crippen molar-refractivity contribution in [1.29, 1.82) is 0 Å². The van der Waals surface area contributed by atoms with Crippen LogP contribution in [0.5, 0.6) is 0 Å². The number of rotatable bonds is 8. The first-order chi connectivity index (χ1) is 12.8. The predicted molar refractivity (Wildman–Crippen MR) is 99.7 cm³/mol. The van der Waals surface area contributed by atoms with Crippen molar-refractivity contribution in [3.05, 3.63) is 52.8 Å². The Hall–Kier alpha value is -2.65. The highest BCUT2D eigenvalue weighted by atomic mass is 32.2. The quantitative estimate of drug-likeness (QED) is 0.586. The summed E-state index contributed by atoms with van der Waals surface area (Å²) in [5.74, 6) is -1.21. The molecule has 2 rings (SSSR count). The van der Waals surface area contributed by atoms with Crippen LogP contribution in [0.1, 0.15) is 34.2 Å². The number of hydrogen-bond acceptors (Lipinski definition) is 5. The van der Waals surface area contributed by atoms with Gasteiger partial charge in [-0.1, -0.05) is 30.3 Å². The molecule has 0 aliphatic heterocycles. The van der Waals surface area contributed by atoms with Gasteiger partial charge in [0, 0.05) is 17.9 Å². The lowest BCUT2D eigenvalue weighted by Gasteiger charge is -2.10. The molecule has 27 heavy (non-hydrogen) atoms. The van der Waals surface area contributed by atoms with E-state index < -0.39 is 28.4 Å². The highest BCUT2D eigenvalue weighted by molar-refractivity contribution is 7.89. The lowest BCUT2D eigenvalue weighted by atomic mass is 10.2. The van der Waals surface area contributed by atoms with E-state index in [0.717, 1.165) is 5.56 Å². The van der Waals surface area contributed by atoms with Crippen LogP contribution >= 0.6 is 0 Å². The third kappa shape index (κ3) is 5.18. The second-order valence-electron chi connectivity index (χ2n) is 5.89. The van der Waals surface area contributed by atoms with Gasteiger partial charge >= 0.3 is 5.97 Å². The largest absolute Gasteiger partial charge is 0.462 e. The summed E-state index contributed by atoms with van der Waals surface area (Å²) in [7, 11) is -4.09. The Morgan fingerprint density at radius 1 is 1.11 bits per heavy atom. The van der Waals surface area contributed by atoms with Crippen LogP contribution in [0, 0.1) is 13.8 Å². The van der Waals surface area contributed by atoms with Gasteiger partial charge in [-0.15, -0.1) is 0 Å². The average molecular weight is 393 g/mol. The van der Waals surface area contributed by atoms with Crippen LogP contribution in [0.25, 0.3) is 0 Å². The van der Waals surface area contributed by atoms with E-state index in [1.165, 1.54) is 0 Å². The third-order valence-corrected chi connectivity index (χ3v) is 5.39. The van der Waals surface area contributed by atoms with Gasteiger partial charge in [0.15, 0.2) is 0 Å². The summed E-state index contributed by atoms with van der Waals surface area (Å²) < 4.78 is 32.5. The van der Waals surface area contributed by atoms with Crippen LogP contribution in [-0.2, 0) is 26.1 Å². The molecule has 0 atom stereocenters. The summed E-state index contributed by atoms with van der Waals surface area (Å²) in [5, 5.41) is 2.64. The summed E-state index contributed by atoms with van der Waals surface area (Å²) in [6.07, 6.45) is 0. The predicted octanol–water partition coefficient (Wildman–Crippen LogP) is 1.40. The van der Waals surface area contributed by atoms with Gasteiger partial charge in [0.05, 0.1) is 13.2 Å². The molecule has 2 aromatic rings. The molecule has 3 N–H and O–H groups in total. The topological polar surface area (TPSA) is 117 Å². The maximum absolute atomic E-state index is 12.7. The minimum atomic E-state index is -4.09. The Labute approximate surface area is 158 Å². The lowest BCUT2D eigenvalue weighted by molar-refractivity contribution is -0.120. The third-order valence-electron chi connectivity index (χ3n) is 3.82. The number of sulfonamides is 1. The first-order valence-corrected chi connectivity index (χ1v) is 9.91. The fourth-order valence-electron chi connectivity index (χ4n) is 2.64. The zero-order chi connectivity index (χ0) is 20.0. The van der Waals surface area contributed by atoms with Crippen molar-refractivity contribution < 1.29 is 22.7 Å². The second-order valence-corrected chi connectivity index (χ2v) is 7.59. The standard InChI is InChI=1S/C18H23N3O5S/c1-4-26-18(23)16-12(2)21-13(3)17(16)27(24,25)20-11-15(22)19-10-14-8-6-5-7-9-14/h5-9,20-21H,4,10-11H2,1-3H3,(H,19,22). The van der Waals surface area contributed by atoms with Gasteiger partial charge < -0.3 is 15.0 Å². The van der Waals surface area contributed by atoms with Crippen molar-refractivity contribution >= 4 is 21.9 Å². The fraction of sp³-hybridized carbons (Fsp3) is 0.333. The Morgan fingerprint density at radius 3 is 2.41 bits per heavy atom. The van der Waals surface area contributed by atoms with E-state index in [-0.39, 0.29) is 23.6 Å². The molecule has 0 bridgehead atoms. The van der Waals surface area contributed by atoms with Gasteiger partial charge in [0.1, 0.15) is 10.5 Å². The van der Waals surface area contributed by atoms with Crippen molar-refractivity contribution in [2.24, 2.45) is 0 Å². The number of nitrogens with one attached hydrogen (secondary N) is 3. The number of carbonyl (C=O) groups excluding carboxylic acids is 2. The first-order valence-electron chi connectivity index (χ1n) is 8.42. The van der Waals surface area contributed by atoms with Crippen molar-refractivity contribution in [1.82, 2.24) is 15.0 Å². The highest BCUT2D eigenvalue weighted by Gasteiger charge is 2.30. The molecule has 1 amide bonds. The first kappa shape index (κ1) is 20.7. The Balaban J connectivity index is 2.08. The number of aromatic amines is 1. The minimum Gasteiger partial charge on any atom is -0.462 e. The summed E-state index contributed by atoms with van der Waals surface area (Å²) in [6, 6.07) is 9.25. The number of aryl methyl sites for hydroxylation is 2. The van der Waals surface area contributed by atoms with Gasteiger partial charge in [-0.05, 0) is 26.3 Å². The number of esters is 1. The van der Waals surface area contributed by atoms with Crippen LogP contribution < -0.4 is 10.0 Å². The van der Waals surface area contributed by atoms with Crippen molar-refractivity contribution in [2.75, 3.05) is 13.2 Å². The SMILES string of the molecule is CCOC(=O)c1c(C)[nH]c(C)c1S(=O)(=O)NCC(=O)NCc1ccccc1. The van der Waals surface area contributed by atoms with E-state index in [1.54, 1.807) is 20.8 Å². The molecule has 0 spiro atoms. The van der Waals surface area contributed by atoms with E-state index in [0.29, 0.717) is 11.4 Å². The number of ether oxygens (including phenoxy) is 1. The smallest absolute Gasteiger partial charge is 0.341 e. The summed E-state index contributed by atoms with van der Waals surface area (Å²) in [6.45, 7) is 4.73. The van der Waals surface area contributed by atoms with E-state index in [9.17, 15) is 18.0 Å². The zero-order valence-electron chi connectivity index (χ0n) is 15.5. The highest BCUT2D eigenvalue weighted by Crippen LogP contribution is 2.24. The monoisotopic (exact) mass is 393 g/mol. The molecule has 146 valence electrons. The molecule has 0 saturated carbocycles. The van der Waals surface area contributed by atoms with Gasteiger partial charge in [-0.25, -0.2) is 17.9 Å². The molecule has 0 unspecified atom stereocenters. The average Bonchev–Trinajstić information content (AvgIpc) is 2.94. The molecule has 0 fully saturated rings. The van der Waals surface area contributed by atoms with Gasteiger partial charge in [-0.2, -0.15) is 0 Å². The minimum absolute atomic E-state index is 0.0495. The van der Waals surface area contributed by atoms with Gasteiger partial charge in [0.2, 0.25) is 15.9 Å². The van der Waals surface area contributed by atoms with Crippen LogP contribution in [-0.4, -0.2) is 38.4 Å². The molecule has 0 saturated heterocycles. The Bertz CT molecular complexity index is 920. The molecule has 0 aliphatic carbocycles. The number of aromatic nitrogens is 1. The molecule has 1 heterocycles. The lowest BCUT2D eigenvalue weighted by Crippen LogP contribution is -2.37. The summed E-state index contributed by atoms with van der Waals surface area (Å²) in [5.41, 5.74) is 1.54. The van der Waals surface area contributed by atoms with Crippen LogP contribution in [0.4, 0.5) is 0 Å². The molecule has 0 aliphatic rings. The Kier molecular flexibility index (Phi) is 6.75. The molecular weight excluding hydrogens is 370 g/mol. The molecule has 1 aromatic heterocycles. The molecule has 0 radical (unpaired) electrons. The van der Waals surface area contributed by atoms with Gasteiger partial charge in [0.25, 0.3) is 0 Å². The number of amides is 1. The van der Waals surface area contributed by atoms with Crippen molar-refractivity contribution in [2.45, 2.75) is 32.2 Å².